The molecule has 0 bridgehead atoms. The Bertz CT molecular complexity index is 519. The SMILES string of the molecule is CCC[CH2][Sn](/[CH]=C/CN(Cc1ccccc1)C(C)=O)([CH2]CCC)[CH2]CCC. The van der Waals surface area contributed by atoms with Gasteiger partial charge in [-0.3, -0.25) is 0 Å². The summed E-state index contributed by atoms with van der Waals surface area (Å²) in [5.41, 5.74) is 1.21. The van der Waals surface area contributed by atoms with E-state index in [4.69, 9.17) is 0 Å². The van der Waals surface area contributed by atoms with Crippen molar-refractivity contribution in [1.29, 1.82) is 0 Å². The molecular weight excluding hydrogens is 437 g/mol. The van der Waals surface area contributed by atoms with Crippen LogP contribution >= 0.6 is 0 Å². The second-order valence-electron chi connectivity index (χ2n) is 7.96. The zero-order chi connectivity index (χ0) is 20.0. The van der Waals surface area contributed by atoms with Gasteiger partial charge in [0.2, 0.25) is 0 Å². The first-order valence-electron chi connectivity index (χ1n) is 11.0. The van der Waals surface area contributed by atoms with Crippen LogP contribution in [0.1, 0.15) is 71.8 Å². The summed E-state index contributed by atoms with van der Waals surface area (Å²) in [4.78, 5) is 14.1. The minimum absolute atomic E-state index is 0.167. The van der Waals surface area contributed by atoms with Crippen molar-refractivity contribution in [3.63, 3.8) is 0 Å². The first-order valence-corrected chi connectivity index (χ1v) is 18.7. The Hall–Kier alpha value is -0.771. The van der Waals surface area contributed by atoms with Gasteiger partial charge in [-0.05, 0) is 0 Å². The van der Waals surface area contributed by atoms with E-state index in [2.05, 4.69) is 43.1 Å². The number of unbranched alkanes of at least 4 members (excludes halogenated alkanes) is 3. The van der Waals surface area contributed by atoms with Gasteiger partial charge in [0.15, 0.2) is 0 Å². The van der Waals surface area contributed by atoms with Crippen LogP contribution in [-0.2, 0) is 11.3 Å². The van der Waals surface area contributed by atoms with E-state index in [9.17, 15) is 4.79 Å². The molecule has 0 unspecified atom stereocenters. The van der Waals surface area contributed by atoms with E-state index >= 15 is 0 Å². The predicted octanol–water partition coefficient (Wildman–Crippen LogP) is 6.98. The molecule has 0 fully saturated rings. The molecule has 0 aliphatic heterocycles. The second kappa shape index (κ2) is 14.3. The molecule has 1 amide bonds. The van der Waals surface area contributed by atoms with Gasteiger partial charge in [0.05, 0.1) is 0 Å². The Morgan fingerprint density at radius 3 is 1.89 bits per heavy atom. The molecular formula is C24H41NOSn. The number of carbonyl (C=O) groups is 1. The first-order chi connectivity index (χ1) is 13.1. The van der Waals surface area contributed by atoms with Gasteiger partial charge in [0.25, 0.3) is 0 Å². The van der Waals surface area contributed by atoms with Gasteiger partial charge in [0.1, 0.15) is 0 Å². The van der Waals surface area contributed by atoms with Crippen molar-refractivity contribution in [3.8, 4) is 0 Å². The molecule has 0 aromatic heterocycles. The van der Waals surface area contributed by atoms with E-state index in [1.54, 1.807) is 6.92 Å². The normalized spacial score (nSPS) is 11.9. The van der Waals surface area contributed by atoms with Crippen LogP contribution < -0.4 is 0 Å². The van der Waals surface area contributed by atoms with Crippen LogP contribution in [-0.4, -0.2) is 35.7 Å². The van der Waals surface area contributed by atoms with Gasteiger partial charge in [-0.1, -0.05) is 0 Å². The monoisotopic (exact) mass is 479 g/mol. The summed E-state index contributed by atoms with van der Waals surface area (Å²) in [5, 5.41) is 0. The van der Waals surface area contributed by atoms with Crippen molar-refractivity contribution >= 4 is 24.3 Å². The van der Waals surface area contributed by atoms with Crippen LogP contribution in [0.25, 0.3) is 0 Å². The topological polar surface area (TPSA) is 20.3 Å². The number of nitrogens with zero attached hydrogens (tertiary/aromatic N) is 1. The quantitative estimate of drug-likeness (QED) is 0.264. The Morgan fingerprint density at radius 1 is 0.926 bits per heavy atom. The van der Waals surface area contributed by atoms with Crippen molar-refractivity contribution < 1.29 is 4.79 Å². The van der Waals surface area contributed by atoms with Crippen LogP contribution in [0.4, 0.5) is 0 Å². The van der Waals surface area contributed by atoms with Crippen LogP contribution in [0.15, 0.2) is 40.5 Å². The third-order valence-corrected chi connectivity index (χ3v) is 19.8. The second-order valence-corrected chi connectivity index (χ2v) is 21.0. The summed E-state index contributed by atoms with van der Waals surface area (Å²) in [6.45, 7) is 10.1. The summed E-state index contributed by atoms with van der Waals surface area (Å²) in [6, 6.07) is 10.3. The number of amides is 1. The Morgan fingerprint density at radius 2 is 1.44 bits per heavy atom. The molecule has 3 heteroatoms. The van der Waals surface area contributed by atoms with Crippen molar-refractivity contribution in [2.75, 3.05) is 6.54 Å². The van der Waals surface area contributed by atoms with Gasteiger partial charge in [0, 0.05) is 0 Å². The van der Waals surface area contributed by atoms with Gasteiger partial charge >= 0.3 is 173 Å². The molecule has 0 spiro atoms. The predicted molar refractivity (Wildman–Crippen MR) is 122 cm³/mol. The molecule has 0 saturated carbocycles. The number of hydrogen-bond donors (Lipinski definition) is 0. The zero-order valence-corrected chi connectivity index (χ0v) is 21.0. The summed E-state index contributed by atoms with van der Waals surface area (Å²) >= 11 is -2.23. The molecule has 152 valence electrons. The van der Waals surface area contributed by atoms with E-state index in [1.165, 1.54) is 57.4 Å². The van der Waals surface area contributed by atoms with Crippen LogP contribution in [0, 0.1) is 0 Å². The first kappa shape index (κ1) is 24.3. The van der Waals surface area contributed by atoms with Crippen LogP contribution in [0.2, 0.25) is 13.3 Å². The third kappa shape index (κ3) is 9.82. The molecule has 27 heavy (non-hydrogen) atoms. The number of rotatable bonds is 14. The fourth-order valence-corrected chi connectivity index (χ4v) is 18.1. The fraction of sp³-hybridized carbons (Fsp3) is 0.625. The third-order valence-electron chi connectivity index (χ3n) is 5.54. The van der Waals surface area contributed by atoms with Crippen molar-refractivity contribution in [3.05, 3.63) is 46.1 Å². The number of benzene rings is 1. The van der Waals surface area contributed by atoms with Crippen molar-refractivity contribution in [2.45, 2.75) is 86.1 Å². The van der Waals surface area contributed by atoms with Gasteiger partial charge in [-0.25, -0.2) is 0 Å². The van der Waals surface area contributed by atoms with Crippen LogP contribution in [0.3, 0.4) is 0 Å². The molecule has 0 atom stereocenters. The fourth-order valence-electron chi connectivity index (χ4n) is 3.75. The van der Waals surface area contributed by atoms with E-state index < -0.39 is 18.4 Å². The van der Waals surface area contributed by atoms with E-state index in [-0.39, 0.29) is 5.91 Å². The average molecular weight is 478 g/mol. The molecule has 0 N–H and O–H groups in total. The van der Waals surface area contributed by atoms with Crippen molar-refractivity contribution in [1.82, 2.24) is 4.90 Å². The molecule has 0 radical (unpaired) electrons. The molecule has 1 aromatic rings. The van der Waals surface area contributed by atoms with Gasteiger partial charge in [-0.2, -0.15) is 0 Å². The zero-order valence-electron chi connectivity index (χ0n) is 18.2. The summed E-state index contributed by atoms with van der Waals surface area (Å²) in [5.74, 6) is 0.167. The molecule has 0 heterocycles. The van der Waals surface area contributed by atoms with Gasteiger partial charge < -0.3 is 0 Å². The molecule has 1 rings (SSSR count). The minimum atomic E-state index is -2.23. The maximum absolute atomic E-state index is 12.1. The average Bonchev–Trinajstić information content (AvgIpc) is 2.68. The van der Waals surface area contributed by atoms with E-state index in [0.717, 1.165) is 6.54 Å². The van der Waals surface area contributed by atoms with Crippen molar-refractivity contribution in [2.24, 2.45) is 0 Å². The molecule has 1 aromatic carbocycles. The number of carbonyl (C=O) groups excluding carboxylic acids is 1. The summed E-state index contributed by atoms with van der Waals surface area (Å²) in [6.07, 6.45) is 10.4. The van der Waals surface area contributed by atoms with E-state index in [1.807, 2.05) is 23.1 Å². The molecule has 0 saturated heterocycles. The summed E-state index contributed by atoms with van der Waals surface area (Å²) in [7, 11) is 0. The van der Waals surface area contributed by atoms with Crippen LogP contribution in [0.5, 0.6) is 0 Å². The summed E-state index contributed by atoms with van der Waals surface area (Å²) < 4.78 is 7.14. The number of hydrogen-bond acceptors (Lipinski definition) is 1. The molecule has 0 aliphatic rings. The maximum atomic E-state index is 12.1. The Kier molecular flexibility index (Phi) is 12.8. The van der Waals surface area contributed by atoms with Gasteiger partial charge in [-0.15, -0.1) is 0 Å². The molecule has 0 aliphatic carbocycles. The standard InChI is InChI=1S/C12H14NO.3C4H9.Sn/c1-3-9-13(11(2)14)10-12-7-5-4-6-8-12;3*1-3-4-2;/h1,3-8H,9-10H2,2H3;3*1,3-4H2,2H3;. The molecule has 2 nitrogen and oxygen atoms in total. The Labute approximate surface area is 172 Å². The van der Waals surface area contributed by atoms with E-state index in [0.29, 0.717) is 6.54 Å². The Balaban J connectivity index is 2.84.